The van der Waals surface area contributed by atoms with E-state index in [0.29, 0.717) is 35.9 Å². The van der Waals surface area contributed by atoms with Gasteiger partial charge in [0, 0.05) is 36.8 Å². The lowest BCUT2D eigenvalue weighted by molar-refractivity contribution is 0.196. The first-order chi connectivity index (χ1) is 13.6. The summed E-state index contributed by atoms with van der Waals surface area (Å²) in [5.41, 5.74) is 1.43. The fourth-order valence-electron chi connectivity index (χ4n) is 3.66. The summed E-state index contributed by atoms with van der Waals surface area (Å²) in [4.78, 5) is 25.8. The van der Waals surface area contributed by atoms with Crippen LogP contribution in [0.4, 0.5) is 8.78 Å². The van der Waals surface area contributed by atoms with E-state index in [1.54, 1.807) is 18.3 Å². The van der Waals surface area contributed by atoms with Crippen molar-refractivity contribution in [2.45, 2.75) is 25.3 Å². The smallest absolute Gasteiger partial charge is 0.251 e. The molecule has 5 nitrogen and oxygen atoms in total. The molecule has 1 aromatic carbocycles. The lowest BCUT2D eigenvalue weighted by Gasteiger charge is -2.32. The molecule has 0 saturated carbocycles. The van der Waals surface area contributed by atoms with E-state index in [1.807, 2.05) is 6.07 Å². The van der Waals surface area contributed by atoms with Gasteiger partial charge in [-0.05, 0) is 49.7 Å². The van der Waals surface area contributed by atoms with Crippen molar-refractivity contribution in [1.29, 1.82) is 0 Å². The molecule has 28 heavy (non-hydrogen) atoms. The Morgan fingerprint density at radius 2 is 2.07 bits per heavy atom. The highest BCUT2D eigenvalue weighted by molar-refractivity contribution is 5.48. The van der Waals surface area contributed by atoms with Crippen LogP contribution < -0.4 is 5.56 Å². The van der Waals surface area contributed by atoms with Gasteiger partial charge in [0.25, 0.3) is 5.56 Å². The maximum absolute atomic E-state index is 14.0. The first-order valence-corrected chi connectivity index (χ1v) is 9.27. The number of nitrogens with zero attached hydrogens (tertiary/aromatic N) is 3. The molecule has 3 heterocycles. The standard InChI is InChI=1S/C21H20F2N4O/c22-16-6-7-17(23)15(10-16)13-27-9-3-4-14(12-27)19-11-20(28)26-21(25-19)18-5-1-2-8-24-18/h1-2,5-8,10-11,14H,3-4,9,12-13H2,(H,25,26,28)/t14-/m0/s1. The molecule has 1 N–H and O–H groups in total. The third-order valence-corrected chi connectivity index (χ3v) is 4.99. The topological polar surface area (TPSA) is 61.9 Å². The third-order valence-electron chi connectivity index (χ3n) is 4.99. The minimum Gasteiger partial charge on any atom is -0.305 e. The molecular formula is C21H20F2N4O. The van der Waals surface area contributed by atoms with Gasteiger partial charge >= 0.3 is 0 Å². The highest BCUT2D eigenvalue weighted by Gasteiger charge is 2.24. The van der Waals surface area contributed by atoms with E-state index in [1.165, 1.54) is 12.1 Å². The number of halogens is 2. The first-order valence-electron chi connectivity index (χ1n) is 9.27. The summed E-state index contributed by atoms with van der Waals surface area (Å²) in [5, 5.41) is 0. The summed E-state index contributed by atoms with van der Waals surface area (Å²) in [6.07, 6.45) is 3.44. The molecule has 2 aromatic heterocycles. The van der Waals surface area contributed by atoms with Crippen LogP contribution in [0.2, 0.25) is 0 Å². The molecule has 0 unspecified atom stereocenters. The van der Waals surface area contributed by atoms with Gasteiger partial charge in [0.05, 0.1) is 5.69 Å². The third kappa shape index (κ3) is 4.14. The molecule has 1 aliphatic heterocycles. The van der Waals surface area contributed by atoms with Crippen LogP contribution in [0.1, 0.15) is 30.0 Å². The highest BCUT2D eigenvalue weighted by Crippen LogP contribution is 2.27. The number of benzene rings is 1. The maximum atomic E-state index is 14.0. The van der Waals surface area contributed by atoms with Gasteiger partial charge in [-0.15, -0.1) is 0 Å². The van der Waals surface area contributed by atoms with Crippen LogP contribution in [-0.4, -0.2) is 32.9 Å². The molecule has 1 aliphatic rings. The largest absolute Gasteiger partial charge is 0.305 e. The summed E-state index contributed by atoms with van der Waals surface area (Å²) < 4.78 is 27.4. The van der Waals surface area contributed by atoms with E-state index < -0.39 is 11.6 Å². The molecule has 0 radical (unpaired) electrons. The van der Waals surface area contributed by atoms with Crippen molar-refractivity contribution in [3.8, 4) is 11.5 Å². The second-order valence-corrected chi connectivity index (χ2v) is 7.04. The summed E-state index contributed by atoms with van der Waals surface area (Å²) >= 11 is 0. The minimum atomic E-state index is -0.443. The molecule has 0 spiro atoms. The van der Waals surface area contributed by atoms with Crippen LogP contribution in [0.5, 0.6) is 0 Å². The number of piperidine rings is 1. The number of hydrogen-bond acceptors (Lipinski definition) is 4. The van der Waals surface area contributed by atoms with Crippen LogP contribution in [-0.2, 0) is 6.54 Å². The Bertz CT molecular complexity index is 1020. The second kappa shape index (κ2) is 7.98. The summed E-state index contributed by atoms with van der Waals surface area (Å²) in [5.74, 6) is -0.358. The second-order valence-electron chi connectivity index (χ2n) is 7.04. The average molecular weight is 382 g/mol. The molecule has 144 valence electrons. The molecule has 7 heteroatoms. The van der Waals surface area contributed by atoms with Crippen molar-refractivity contribution in [2.24, 2.45) is 0 Å². The van der Waals surface area contributed by atoms with Gasteiger partial charge in [0.15, 0.2) is 5.82 Å². The molecule has 4 rings (SSSR count). The van der Waals surface area contributed by atoms with Crippen molar-refractivity contribution < 1.29 is 8.78 Å². The number of likely N-dealkylation sites (tertiary alicyclic amines) is 1. The Kier molecular flexibility index (Phi) is 5.25. The quantitative estimate of drug-likeness (QED) is 0.750. The summed E-state index contributed by atoms with van der Waals surface area (Å²) in [6, 6.07) is 10.5. The van der Waals surface area contributed by atoms with Gasteiger partial charge in [-0.1, -0.05) is 6.07 Å². The molecule has 0 bridgehead atoms. The number of rotatable bonds is 4. The molecule has 3 aromatic rings. The van der Waals surface area contributed by atoms with Gasteiger partial charge in [0.2, 0.25) is 0 Å². The number of nitrogens with one attached hydrogen (secondary N) is 1. The Hall–Kier alpha value is -2.93. The van der Waals surface area contributed by atoms with Crippen molar-refractivity contribution in [3.05, 3.63) is 81.9 Å². The molecule has 0 amide bonds. The van der Waals surface area contributed by atoms with Gasteiger partial charge in [-0.3, -0.25) is 14.7 Å². The minimum absolute atomic E-state index is 0.0510. The van der Waals surface area contributed by atoms with Gasteiger partial charge in [0.1, 0.15) is 17.3 Å². The zero-order valence-corrected chi connectivity index (χ0v) is 15.2. The van der Waals surface area contributed by atoms with E-state index in [9.17, 15) is 13.6 Å². The monoisotopic (exact) mass is 382 g/mol. The Morgan fingerprint density at radius 3 is 2.89 bits per heavy atom. The van der Waals surface area contributed by atoms with Gasteiger partial charge < -0.3 is 4.98 Å². The number of aromatic amines is 1. The predicted molar refractivity (Wildman–Crippen MR) is 102 cm³/mol. The SMILES string of the molecule is O=c1cc([C@H]2CCCN(Cc3cc(F)ccc3F)C2)nc(-c2ccccn2)[nH]1. The van der Waals surface area contributed by atoms with Crippen molar-refractivity contribution >= 4 is 0 Å². The average Bonchev–Trinajstić information content (AvgIpc) is 2.71. The molecule has 1 fully saturated rings. The van der Waals surface area contributed by atoms with Crippen LogP contribution in [0, 0.1) is 11.6 Å². The van der Waals surface area contributed by atoms with Crippen LogP contribution in [0.3, 0.4) is 0 Å². The molecular weight excluding hydrogens is 362 g/mol. The molecule has 1 atom stereocenters. The van der Waals surface area contributed by atoms with E-state index in [0.717, 1.165) is 31.5 Å². The van der Waals surface area contributed by atoms with E-state index in [4.69, 9.17) is 0 Å². The number of pyridine rings is 1. The number of aromatic nitrogens is 3. The van der Waals surface area contributed by atoms with E-state index >= 15 is 0 Å². The van der Waals surface area contributed by atoms with Crippen molar-refractivity contribution in [2.75, 3.05) is 13.1 Å². The summed E-state index contributed by atoms with van der Waals surface area (Å²) in [6.45, 7) is 1.76. The zero-order chi connectivity index (χ0) is 19.5. The first kappa shape index (κ1) is 18.4. The van der Waals surface area contributed by atoms with Crippen LogP contribution in [0.15, 0.2) is 53.5 Å². The van der Waals surface area contributed by atoms with E-state index in [-0.39, 0.29) is 11.5 Å². The number of H-pyrrole nitrogens is 1. The predicted octanol–water partition coefficient (Wildman–Crippen LogP) is 3.49. The Balaban J connectivity index is 1.55. The maximum Gasteiger partial charge on any atom is 0.251 e. The lowest BCUT2D eigenvalue weighted by Crippen LogP contribution is -2.35. The highest BCUT2D eigenvalue weighted by atomic mass is 19.1. The molecule has 1 saturated heterocycles. The van der Waals surface area contributed by atoms with E-state index in [2.05, 4.69) is 19.9 Å². The molecule has 0 aliphatic carbocycles. The van der Waals surface area contributed by atoms with Crippen molar-refractivity contribution in [3.63, 3.8) is 0 Å². The fourth-order valence-corrected chi connectivity index (χ4v) is 3.66. The summed E-state index contributed by atoms with van der Waals surface area (Å²) in [7, 11) is 0. The van der Waals surface area contributed by atoms with Gasteiger partial charge in [-0.25, -0.2) is 13.8 Å². The Morgan fingerprint density at radius 1 is 1.18 bits per heavy atom. The zero-order valence-electron chi connectivity index (χ0n) is 15.2. The number of hydrogen-bond donors (Lipinski definition) is 1. The van der Waals surface area contributed by atoms with Crippen LogP contribution >= 0.6 is 0 Å². The van der Waals surface area contributed by atoms with Crippen LogP contribution in [0.25, 0.3) is 11.5 Å². The van der Waals surface area contributed by atoms with Crippen molar-refractivity contribution in [1.82, 2.24) is 19.9 Å². The fraction of sp³-hybridized carbons (Fsp3) is 0.286. The normalized spacial score (nSPS) is 17.6. The Labute approximate surface area is 161 Å². The van der Waals surface area contributed by atoms with Gasteiger partial charge in [-0.2, -0.15) is 0 Å². The lowest BCUT2D eigenvalue weighted by atomic mass is 9.94.